The average Bonchev–Trinajstić information content (AvgIpc) is 2.64. The van der Waals surface area contributed by atoms with Crippen molar-refractivity contribution < 1.29 is 14.7 Å². The van der Waals surface area contributed by atoms with Crippen LogP contribution in [0.4, 0.5) is 5.82 Å². The number of amides is 1. The Morgan fingerprint density at radius 2 is 2.26 bits per heavy atom. The Kier molecular flexibility index (Phi) is 3.37. The van der Waals surface area contributed by atoms with Gasteiger partial charge in [-0.15, -0.1) is 0 Å². The maximum absolute atomic E-state index is 11.3. The lowest BCUT2D eigenvalue weighted by Gasteiger charge is -2.11. The zero-order valence-electron chi connectivity index (χ0n) is 10.3. The molecule has 0 aromatic carbocycles. The van der Waals surface area contributed by atoms with Gasteiger partial charge in [0, 0.05) is 18.7 Å². The summed E-state index contributed by atoms with van der Waals surface area (Å²) in [6.45, 7) is 1.74. The molecular weight excluding hydrogens is 248 g/mol. The maximum Gasteiger partial charge on any atom is 0.356 e. The van der Waals surface area contributed by atoms with Crippen LogP contribution in [0.25, 0.3) is 5.65 Å². The number of nitrogens with two attached hydrogens (primary N) is 1. The first-order valence-corrected chi connectivity index (χ1v) is 5.74. The van der Waals surface area contributed by atoms with E-state index in [1.165, 1.54) is 4.40 Å². The van der Waals surface area contributed by atoms with Gasteiger partial charge in [0.2, 0.25) is 5.91 Å². The number of anilines is 1. The molecule has 0 bridgehead atoms. The maximum atomic E-state index is 11.3. The van der Waals surface area contributed by atoms with Gasteiger partial charge in [-0.25, -0.2) is 9.78 Å². The highest BCUT2D eigenvalue weighted by atomic mass is 16.4. The number of rotatable bonds is 5. The molecule has 2 rings (SSSR count). The number of aromatic carboxylic acids is 1. The van der Waals surface area contributed by atoms with Crippen LogP contribution >= 0.6 is 0 Å². The van der Waals surface area contributed by atoms with Gasteiger partial charge >= 0.3 is 5.97 Å². The van der Waals surface area contributed by atoms with Crippen LogP contribution in [0.2, 0.25) is 0 Å². The molecule has 2 aromatic rings. The molecule has 1 atom stereocenters. The third kappa shape index (κ3) is 2.65. The molecular formula is C12H14N4O3. The van der Waals surface area contributed by atoms with Crippen LogP contribution in [0.5, 0.6) is 0 Å². The van der Waals surface area contributed by atoms with Crippen LogP contribution in [0, 0.1) is 0 Å². The number of imidazole rings is 1. The summed E-state index contributed by atoms with van der Waals surface area (Å²) in [5.41, 5.74) is 5.66. The summed E-state index contributed by atoms with van der Waals surface area (Å²) in [6.07, 6.45) is 1.72. The number of fused-ring (bicyclic) bond motifs is 1. The Hall–Kier alpha value is -2.57. The van der Waals surface area contributed by atoms with Gasteiger partial charge in [0.25, 0.3) is 0 Å². The van der Waals surface area contributed by atoms with Gasteiger partial charge in [-0.1, -0.05) is 6.07 Å². The van der Waals surface area contributed by atoms with Crippen LogP contribution in [-0.4, -0.2) is 32.4 Å². The number of nitrogens with one attached hydrogen (secondary N) is 1. The SMILES string of the molecule is CC(CC(N)=O)Nc1nc2ccccn2c1C(=O)O. The second-order valence-corrected chi connectivity index (χ2v) is 4.26. The average molecular weight is 262 g/mol. The molecule has 0 aliphatic rings. The predicted octanol–water partition coefficient (Wildman–Crippen LogP) is 0.708. The van der Waals surface area contributed by atoms with Crippen molar-refractivity contribution in [3.8, 4) is 0 Å². The fourth-order valence-corrected chi connectivity index (χ4v) is 1.89. The third-order valence-electron chi connectivity index (χ3n) is 2.62. The van der Waals surface area contributed by atoms with E-state index in [0.717, 1.165) is 0 Å². The molecule has 0 radical (unpaired) electrons. The van der Waals surface area contributed by atoms with Crippen LogP contribution < -0.4 is 11.1 Å². The molecule has 19 heavy (non-hydrogen) atoms. The van der Waals surface area contributed by atoms with E-state index in [1.807, 2.05) is 0 Å². The van der Waals surface area contributed by atoms with E-state index in [2.05, 4.69) is 10.3 Å². The minimum atomic E-state index is -1.09. The summed E-state index contributed by atoms with van der Waals surface area (Å²) >= 11 is 0. The molecule has 1 amide bonds. The molecule has 100 valence electrons. The Bertz CT molecular complexity index is 635. The molecule has 0 aliphatic heterocycles. The molecule has 7 heteroatoms. The lowest BCUT2D eigenvalue weighted by molar-refractivity contribution is -0.118. The molecule has 2 heterocycles. The normalized spacial score (nSPS) is 12.3. The van der Waals surface area contributed by atoms with Gasteiger partial charge in [-0.3, -0.25) is 9.20 Å². The van der Waals surface area contributed by atoms with Gasteiger partial charge in [-0.05, 0) is 19.1 Å². The first-order chi connectivity index (χ1) is 8.99. The minimum Gasteiger partial charge on any atom is -0.476 e. The lowest BCUT2D eigenvalue weighted by Crippen LogP contribution is -2.25. The second kappa shape index (κ2) is 4.97. The molecule has 4 N–H and O–H groups in total. The molecule has 2 aromatic heterocycles. The number of primary amides is 1. The predicted molar refractivity (Wildman–Crippen MR) is 69.0 cm³/mol. The highest BCUT2D eigenvalue weighted by Crippen LogP contribution is 2.18. The second-order valence-electron chi connectivity index (χ2n) is 4.26. The van der Waals surface area contributed by atoms with Crippen LogP contribution in [0.15, 0.2) is 24.4 Å². The van der Waals surface area contributed by atoms with E-state index < -0.39 is 11.9 Å². The van der Waals surface area contributed by atoms with E-state index in [1.54, 1.807) is 31.3 Å². The van der Waals surface area contributed by atoms with Crippen molar-refractivity contribution in [1.29, 1.82) is 0 Å². The van der Waals surface area contributed by atoms with Gasteiger partial charge in [0.15, 0.2) is 11.5 Å². The fourth-order valence-electron chi connectivity index (χ4n) is 1.89. The number of hydrogen-bond acceptors (Lipinski definition) is 4. The number of carbonyl (C=O) groups is 2. The standard InChI is InChI=1S/C12H14N4O3/c1-7(6-8(13)17)14-11-10(12(18)19)16-5-3-2-4-9(16)15-11/h2-5,7,14H,6H2,1H3,(H2,13,17)(H,18,19). The molecule has 0 saturated carbocycles. The summed E-state index contributed by atoms with van der Waals surface area (Å²) in [5.74, 6) is -1.32. The van der Waals surface area contributed by atoms with E-state index in [9.17, 15) is 14.7 Å². The Labute approximate surface area is 109 Å². The Balaban J connectivity index is 2.39. The molecule has 7 nitrogen and oxygen atoms in total. The minimum absolute atomic E-state index is 0.0342. The highest BCUT2D eigenvalue weighted by molar-refractivity contribution is 5.93. The molecule has 0 saturated heterocycles. The molecule has 0 fully saturated rings. The number of carbonyl (C=O) groups excluding carboxylic acids is 1. The fraction of sp³-hybridized carbons (Fsp3) is 0.250. The van der Waals surface area contributed by atoms with Crippen molar-refractivity contribution >= 4 is 23.3 Å². The molecule has 0 aliphatic carbocycles. The summed E-state index contributed by atoms with van der Waals surface area (Å²) in [7, 11) is 0. The van der Waals surface area contributed by atoms with Crippen molar-refractivity contribution in [2.45, 2.75) is 19.4 Å². The van der Waals surface area contributed by atoms with Crippen molar-refractivity contribution in [2.75, 3.05) is 5.32 Å². The lowest BCUT2D eigenvalue weighted by atomic mass is 10.2. The monoisotopic (exact) mass is 262 g/mol. The van der Waals surface area contributed by atoms with Crippen molar-refractivity contribution in [2.24, 2.45) is 5.73 Å². The summed E-state index contributed by atoms with van der Waals surface area (Å²) in [6, 6.07) is 4.90. The number of pyridine rings is 1. The van der Waals surface area contributed by atoms with Gasteiger partial charge in [0.1, 0.15) is 5.65 Å². The summed E-state index contributed by atoms with van der Waals surface area (Å²) in [4.78, 5) is 26.3. The van der Waals surface area contributed by atoms with E-state index in [0.29, 0.717) is 5.65 Å². The number of aromatic nitrogens is 2. The van der Waals surface area contributed by atoms with Gasteiger partial charge in [-0.2, -0.15) is 0 Å². The first-order valence-electron chi connectivity index (χ1n) is 5.74. The van der Waals surface area contributed by atoms with E-state index >= 15 is 0 Å². The molecule has 1 unspecified atom stereocenters. The number of hydrogen-bond donors (Lipinski definition) is 3. The third-order valence-corrected chi connectivity index (χ3v) is 2.62. The largest absolute Gasteiger partial charge is 0.476 e. The summed E-state index contributed by atoms with van der Waals surface area (Å²) in [5, 5.41) is 12.2. The molecule has 0 spiro atoms. The van der Waals surface area contributed by atoms with E-state index in [-0.39, 0.29) is 24.0 Å². The van der Waals surface area contributed by atoms with Crippen LogP contribution in [0.3, 0.4) is 0 Å². The van der Waals surface area contributed by atoms with E-state index in [4.69, 9.17) is 5.73 Å². The van der Waals surface area contributed by atoms with Crippen LogP contribution in [0.1, 0.15) is 23.8 Å². The summed E-state index contributed by atoms with van der Waals surface area (Å²) < 4.78 is 1.47. The van der Waals surface area contributed by atoms with Crippen molar-refractivity contribution in [3.05, 3.63) is 30.1 Å². The highest BCUT2D eigenvalue weighted by Gasteiger charge is 2.20. The smallest absolute Gasteiger partial charge is 0.356 e. The quantitative estimate of drug-likeness (QED) is 0.735. The number of nitrogens with zero attached hydrogens (tertiary/aromatic N) is 2. The van der Waals surface area contributed by atoms with Gasteiger partial charge < -0.3 is 16.2 Å². The zero-order valence-corrected chi connectivity index (χ0v) is 10.3. The number of carboxylic acid groups (broad SMARTS) is 1. The van der Waals surface area contributed by atoms with Crippen molar-refractivity contribution in [3.63, 3.8) is 0 Å². The zero-order chi connectivity index (χ0) is 14.0. The Morgan fingerprint density at radius 3 is 2.89 bits per heavy atom. The van der Waals surface area contributed by atoms with Crippen LogP contribution in [-0.2, 0) is 4.79 Å². The van der Waals surface area contributed by atoms with Crippen molar-refractivity contribution in [1.82, 2.24) is 9.38 Å². The topological polar surface area (TPSA) is 110 Å². The van der Waals surface area contributed by atoms with Gasteiger partial charge in [0.05, 0.1) is 0 Å². The Morgan fingerprint density at radius 1 is 1.53 bits per heavy atom. The number of carboxylic acids is 1. The first kappa shape index (κ1) is 12.9.